The molecule has 0 aromatic heterocycles. The van der Waals surface area contributed by atoms with E-state index in [2.05, 4.69) is 0 Å². The van der Waals surface area contributed by atoms with Gasteiger partial charge in [-0.1, -0.05) is 36.4 Å². The van der Waals surface area contributed by atoms with Crippen molar-refractivity contribution in [3.8, 4) is 0 Å². The number of hydrogen-bond acceptors (Lipinski definition) is 6. The van der Waals surface area contributed by atoms with E-state index in [1.165, 1.54) is 30.2 Å². The van der Waals surface area contributed by atoms with Crippen molar-refractivity contribution >= 4 is 21.7 Å². The lowest BCUT2D eigenvalue weighted by atomic mass is 9.75. The van der Waals surface area contributed by atoms with Crippen LogP contribution in [0.3, 0.4) is 0 Å². The minimum absolute atomic E-state index is 0.0987. The molecule has 1 amide bonds. The van der Waals surface area contributed by atoms with Crippen molar-refractivity contribution in [3.63, 3.8) is 0 Å². The Morgan fingerprint density at radius 2 is 1.43 bits per heavy atom. The molecule has 15 heteroatoms. The van der Waals surface area contributed by atoms with Gasteiger partial charge in [-0.25, -0.2) is 12.8 Å². The zero-order chi connectivity index (χ0) is 34.6. The van der Waals surface area contributed by atoms with Crippen LogP contribution >= 0.6 is 0 Å². The van der Waals surface area contributed by atoms with Gasteiger partial charge in [-0.2, -0.15) is 26.3 Å². The maximum absolute atomic E-state index is 14.8. The third-order valence-corrected chi connectivity index (χ3v) is 12.6. The topological polar surface area (TPSA) is 101 Å². The number of methoxy groups -OCH3 is 1. The van der Waals surface area contributed by atoms with Gasteiger partial charge in [0.25, 0.3) is 0 Å². The summed E-state index contributed by atoms with van der Waals surface area (Å²) in [4.78, 5) is 26.6. The Morgan fingerprint density at radius 1 is 0.851 bits per heavy atom. The summed E-state index contributed by atoms with van der Waals surface area (Å²) < 4.78 is 127. The summed E-state index contributed by atoms with van der Waals surface area (Å²) in [5.74, 6) is -1.71. The summed E-state index contributed by atoms with van der Waals surface area (Å²) in [5, 5.41) is 10.9. The van der Waals surface area contributed by atoms with Crippen LogP contribution in [0.1, 0.15) is 68.1 Å². The monoisotopic (exact) mass is 693 g/mol. The second-order valence-corrected chi connectivity index (χ2v) is 15.0. The van der Waals surface area contributed by atoms with Gasteiger partial charge in [0.15, 0.2) is 9.84 Å². The molecule has 2 saturated carbocycles. The summed E-state index contributed by atoms with van der Waals surface area (Å²) in [7, 11) is -3.29. The third kappa shape index (κ3) is 5.80. The predicted octanol–water partition coefficient (Wildman–Crippen LogP) is 6.23. The minimum atomic E-state index is -6.36. The van der Waals surface area contributed by atoms with Crippen LogP contribution in [0.15, 0.2) is 53.4 Å². The SMILES string of the molecule is COC(=O)C1CCC(C(=O)N2CCC(c3ccc(C(F)(C(F)(F)F)C(F)(F)F)cc3)(S(=O)(=O)c3cccc(C4(O)CCC4)c3)C2)CC1. The second kappa shape index (κ2) is 12.0. The highest BCUT2D eigenvalue weighted by Gasteiger charge is 2.73. The highest BCUT2D eigenvalue weighted by molar-refractivity contribution is 7.92. The molecule has 2 aromatic carbocycles. The molecule has 1 aliphatic heterocycles. The fraction of sp³-hybridized carbons (Fsp3) is 0.562. The minimum Gasteiger partial charge on any atom is -0.469 e. The van der Waals surface area contributed by atoms with Crippen molar-refractivity contribution in [3.05, 3.63) is 65.2 Å². The Morgan fingerprint density at radius 3 is 1.94 bits per heavy atom. The van der Waals surface area contributed by atoms with Crippen molar-refractivity contribution in [1.29, 1.82) is 0 Å². The Labute approximate surface area is 267 Å². The molecule has 0 spiro atoms. The van der Waals surface area contributed by atoms with Gasteiger partial charge < -0.3 is 14.7 Å². The van der Waals surface area contributed by atoms with E-state index >= 15 is 0 Å². The number of nitrogens with zero attached hydrogens (tertiary/aromatic N) is 1. The average molecular weight is 694 g/mol. The molecule has 1 atom stereocenters. The molecular formula is C32H34F7NO6S. The van der Waals surface area contributed by atoms with Gasteiger partial charge in [-0.3, -0.25) is 9.59 Å². The van der Waals surface area contributed by atoms with Crippen LogP contribution in [0.4, 0.5) is 30.7 Å². The Balaban J connectivity index is 1.54. The second-order valence-electron chi connectivity index (χ2n) is 12.7. The van der Waals surface area contributed by atoms with Crippen LogP contribution in [0.2, 0.25) is 0 Å². The number of amides is 1. The van der Waals surface area contributed by atoms with Crippen LogP contribution in [0, 0.1) is 11.8 Å². The lowest BCUT2D eigenvalue weighted by Gasteiger charge is -2.37. The van der Waals surface area contributed by atoms with E-state index in [9.17, 15) is 53.8 Å². The number of halogens is 7. The zero-order valence-electron chi connectivity index (χ0n) is 25.3. The molecular weight excluding hydrogens is 659 g/mol. The lowest BCUT2D eigenvalue weighted by molar-refractivity contribution is -0.348. The number of hydrogen-bond donors (Lipinski definition) is 1. The van der Waals surface area contributed by atoms with Crippen LogP contribution < -0.4 is 0 Å². The molecule has 1 heterocycles. The van der Waals surface area contributed by atoms with Crippen molar-refractivity contribution in [2.75, 3.05) is 20.2 Å². The van der Waals surface area contributed by atoms with Crippen LogP contribution in [0.5, 0.6) is 0 Å². The van der Waals surface area contributed by atoms with Gasteiger partial charge in [0.05, 0.1) is 23.5 Å². The summed E-state index contributed by atoms with van der Waals surface area (Å²) in [5.41, 5.74) is -8.61. The van der Waals surface area contributed by atoms with Gasteiger partial charge in [0.2, 0.25) is 5.91 Å². The van der Waals surface area contributed by atoms with Crippen LogP contribution in [0.25, 0.3) is 0 Å². The van der Waals surface area contributed by atoms with Gasteiger partial charge in [0, 0.05) is 24.6 Å². The molecule has 3 aliphatic rings. The number of carbonyl (C=O) groups is 2. The molecule has 1 saturated heterocycles. The van der Waals surface area contributed by atoms with E-state index < -0.39 is 68.1 Å². The summed E-state index contributed by atoms with van der Waals surface area (Å²) in [6, 6.07) is 7.58. The Hall–Kier alpha value is -3.20. The molecule has 47 heavy (non-hydrogen) atoms. The number of carbonyl (C=O) groups excluding carboxylic acids is 2. The van der Waals surface area contributed by atoms with Crippen molar-refractivity contribution in [2.45, 2.75) is 84.6 Å². The molecule has 5 rings (SSSR count). The van der Waals surface area contributed by atoms with Crippen LogP contribution in [-0.2, 0) is 40.2 Å². The van der Waals surface area contributed by atoms with Gasteiger partial charge >= 0.3 is 24.0 Å². The van der Waals surface area contributed by atoms with E-state index in [0.29, 0.717) is 50.5 Å². The first-order valence-corrected chi connectivity index (χ1v) is 16.7. The smallest absolute Gasteiger partial charge is 0.435 e. The molecule has 0 radical (unpaired) electrons. The maximum atomic E-state index is 14.8. The van der Waals surface area contributed by atoms with E-state index in [1.54, 1.807) is 6.07 Å². The molecule has 1 N–H and O–H groups in total. The molecule has 7 nitrogen and oxygen atoms in total. The number of rotatable bonds is 7. The number of alkyl halides is 7. The predicted molar refractivity (Wildman–Crippen MR) is 153 cm³/mol. The van der Waals surface area contributed by atoms with E-state index in [-0.39, 0.29) is 41.5 Å². The maximum Gasteiger partial charge on any atom is 0.435 e. The van der Waals surface area contributed by atoms with Crippen molar-refractivity contribution in [2.24, 2.45) is 11.8 Å². The molecule has 2 aromatic rings. The number of ether oxygens (including phenoxy) is 1. The Bertz CT molecular complexity index is 1600. The normalized spacial score (nSPS) is 25.3. The molecule has 2 aliphatic carbocycles. The van der Waals surface area contributed by atoms with E-state index in [4.69, 9.17) is 4.74 Å². The van der Waals surface area contributed by atoms with Gasteiger partial charge in [0.1, 0.15) is 4.75 Å². The number of likely N-dealkylation sites (tertiary alicyclic amines) is 1. The average Bonchev–Trinajstić information content (AvgIpc) is 3.49. The number of benzene rings is 2. The lowest BCUT2D eigenvalue weighted by Crippen LogP contribution is -2.50. The van der Waals surface area contributed by atoms with Crippen molar-refractivity contribution in [1.82, 2.24) is 4.90 Å². The molecule has 0 bridgehead atoms. The first kappa shape index (κ1) is 35.1. The summed E-state index contributed by atoms with van der Waals surface area (Å²) in [6.07, 6.45) is -10.1. The van der Waals surface area contributed by atoms with E-state index in [0.717, 1.165) is 12.1 Å². The first-order valence-electron chi connectivity index (χ1n) is 15.2. The summed E-state index contributed by atoms with van der Waals surface area (Å²) >= 11 is 0. The fourth-order valence-corrected chi connectivity index (χ4v) is 9.17. The first-order chi connectivity index (χ1) is 21.8. The van der Waals surface area contributed by atoms with Crippen LogP contribution in [-0.4, -0.2) is 62.9 Å². The molecule has 3 fully saturated rings. The molecule has 1 unspecified atom stereocenters. The number of aliphatic hydroxyl groups is 1. The number of sulfone groups is 1. The fourth-order valence-electron chi connectivity index (χ4n) is 7.05. The van der Waals surface area contributed by atoms with Gasteiger partial charge in [-0.15, -0.1) is 0 Å². The third-order valence-electron chi connectivity index (χ3n) is 10.1. The zero-order valence-corrected chi connectivity index (χ0v) is 26.2. The Kier molecular flexibility index (Phi) is 9.00. The highest BCUT2D eigenvalue weighted by Crippen LogP contribution is 2.54. The van der Waals surface area contributed by atoms with E-state index in [1.807, 2.05) is 0 Å². The molecule has 258 valence electrons. The number of esters is 1. The van der Waals surface area contributed by atoms with Gasteiger partial charge in [-0.05, 0) is 74.6 Å². The standard InChI is InChI=1S/C32H34F7NO6S/c1-46-27(42)21-8-6-20(7-9-21)26(41)40-17-16-29(19-40,47(44,45)25-5-2-4-24(18-25)28(43)14-3-15-28)22-10-12-23(13-11-22)30(33,31(34,35)36)32(37,38)39/h2,4-5,10-13,18,20-21,43H,3,6-9,14-17,19H2,1H3. The highest BCUT2D eigenvalue weighted by atomic mass is 32.2. The largest absolute Gasteiger partial charge is 0.469 e. The quantitative estimate of drug-likeness (QED) is 0.273. The summed E-state index contributed by atoms with van der Waals surface area (Å²) in [6.45, 7) is -0.573. The van der Waals surface area contributed by atoms with Crippen molar-refractivity contribution < 1.29 is 58.6 Å².